The highest BCUT2D eigenvalue weighted by atomic mass is 32.2. The van der Waals surface area contributed by atoms with Crippen LogP contribution in [0.15, 0.2) is 28.5 Å². The molecule has 20 heavy (non-hydrogen) atoms. The standard InChI is InChI=1S/C12H16N4O2S2/c1-8-11(19-12(13)14-8)20(17,18)15-9-4-6-10(7-5-9)16(2)3/h4-7,15H,1-3H3,(H2,13,14). The van der Waals surface area contributed by atoms with E-state index in [2.05, 4.69) is 9.71 Å². The molecule has 0 amide bonds. The van der Waals surface area contributed by atoms with Crippen molar-refractivity contribution >= 4 is 37.9 Å². The summed E-state index contributed by atoms with van der Waals surface area (Å²) in [4.78, 5) is 5.86. The van der Waals surface area contributed by atoms with Crippen LogP contribution in [0.4, 0.5) is 16.5 Å². The fourth-order valence-corrected chi connectivity index (χ4v) is 4.04. The summed E-state index contributed by atoms with van der Waals surface area (Å²) in [5.41, 5.74) is 7.43. The monoisotopic (exact) mass is 312 g/mol. The first-order chi connectivity index (χ1) is 9.29. The summed E-state index contributed by atoms with van der Waals surface area (Å²) in [7, 11) is 0.195. The van der Waals surface area contributed by atoms with Gasteiger partial charge in [-0.1, -0.05) is 11.3 Å². The second kappa shape index (κ2) is 5.29. The molecule has 0 atom stereocenters. The first-order valence-corrected chi connectivity index (χ1v) is 8.12. The Labute approximate surface area is 122 Å². The van der Waals surface area contributed by atoms with Gasteiger partial charge in [0.25, 0.3) is 10.0 Å². The lowest BCUT2D eigenvalue weighted by molar-refractivity contribution is 0.602. The van der Waals surface area contributed by atoms with E-state index in [-0.39, 0.29) is 9.34 Å². The Hall–Kier alpha value is -1.80. The molecule has 0 unspecified atom stereocenters. The molecular weight excluding hydrogens is 296 g/mol. The molecule has 0 spiro atoms. The van der Waals surface area contributed by atoms with Crippen LogP contribution in [0, 0.1) is 6.92 Å². The molecule has 0 radical (unpaired) electrons. The van der Waals surface area contributed by atoms with Gasteiger partial charge in [0.1, 0.15) is 0 Å². The fraction of sp³-hybridized carbons (Fsp3) is 0.250. The van der Waals surface area contributed by atoms with E-state index in [9.17, 15) is 8.42 Å². The van der Waals surface area contributed by atoms with E-state index >= 15 is 0 Å². The van der Waals surface area contributed by atoms with E-state index in [1.807, 2.05) is 31.1 Å². The number of benzene rings is 1. The molecule has 1 heterocycles. The van der Waals surface area contributed by atoms with Crippen molar-refractivity contribution in [1.29, 1.82) is 0 Å². The largest absolute Gasteiger partial charge is 0.378 e. The second-order valence-electron chi connectivity index (χ2n) is 4.47. The maximum atomic E-state index is 12.2. The molecule has 3 N–H and O–H groups in total. The SMILES string of the molecule is Cc1nc(N)sc1S(=O)(=O)Nc1ccc(N(C)C)cc1. The number of hydrogen-bond donors (Lipinski definition) is 2. The maximum Gasteiger partial charge on any atom is 0.273 e. The zero-order chi connectivity index (χ0) is 14.9. The minimum absolute atomic E-state index is 0.145. The number of nitrogen functional groups attached to an aromatic ring is 1. The Balaban J connectivity index is 2.26. The predicted octanol–water partition coefficient (Wildman–Crippen LogP) is 1.90. The zero-order valence-corrected chi connectivity index (χ0v) is 13.0. The number of nitrogens with one attached hydrogen (secondary N) is 1. The summed E-state index contributed by atoms with van der Waals surface area (Å²) >= 11 is 0.957. The van der Waals surface area contributed by atoms with Gasteiger partial charge in [0, 0.05) is 25.5 Å². The van der Waals surface area contributed by atoms with Gasteiger partial charge in [-0.2, -0.15) is 0 Å². The van der Waals surface area contributed by atoms with Crippen molar-refractivity contribution in [3.8, 4) is 0 Å². The summed E-state index contributed by atoms with van der Waals surface area (Å²) < 4.78 is 27.2. The van der Waals surface area contributed by atoms with Crippen LogP contribution in [0.3, 0.4) is 0 Å². The highest BCUT2D eigenvalue weighted by Gasteiger charge is 2.21. The van der Waals surface area contributed by atoms with E-state index in [1.54, 1.807) is 19.1 Å². The fourth-order valence-electron chi connectivity index (χ4n) is 1.68. The number of sulfonamides is 1. The molecule has 1 aromatic heterocycles. The van der Waals surface area contributed by atoms with E-state index in [1.165, 1.54) is 0 Å². The van der Waals surface area contributed by atoms with Gasteiger partial charge in [0.2, 0.25) is 0 Å². The zero-order valence-electron chi connectivity index (χ0n) is 11.4. The smallest absolute Gasteiger partial charge is 0.273 e. The summed E-state index contributed by atoms with van der Waals surface area (Å²) in [6, 6.07) is 7.11. The average molecular weight is 312 g/mol. The summed E-state index contributed by atoms with van der Waals surface area (Å²) in [5.74, 6) is 0. The first-order valence-electron chi connectivity index (χ1n) is 5.83. The second-order valence-corrected chi connectivity index (χ2v) is 7.38. The molecule has 0 aliphatic heterocycles. The molecule has 0 aliphatic carbocycles. The topological polar surface area (TPSA) is 88.3 Å². The molecule has 0 aliphatic rings. The Morgan fingerprint density at radius 2 is 1.85 bits per heavy atom. The number of nitrogens with zero attached hydrogens (tertiary/aromatic N) is 2. The van der Waals surface area contributed by atoms with Gasteiger partial charge in [-0.3, -0.25) is 4.72 Å². The summed E-state index contributed by atoms with van der Waals surface area (Å²) in [6.45, 7) is 1.62. The lowest BCUT2D eigenvalue weighted by Crippen LogP contribution is -2.13. The summed E-state index contributed by atoms with van der Waals surface area (Å²) in [5, 5.41) is 0.242. The molecule has 1 aromatic carbocycles. The van der Waals surface area contributed by atoms with Crippen molar-refractivity contribution in [2.24, 2.45) is 0 Å². The van der Waals surface area contributed by atoms with Crippen molar-refractivity contribution in [2.45, 2.75) is 11.1 Å². The normalized spacial score (nSPS) is 11.3. The Bertz CT molecular complexity index is 706. The molecule has 0 saturated carbocycles. The van der Waals surface area contributed by atoms with Crippen LogP contribution in [-0.2, 0) is 10.0 Å². The van der Waals surface area contributed by atoms with E-state index in [0.717, 1.165) is 17.0 Å². The Morgan fingerprint density at radius 3 is 2.30 bits per heavy atom. The van der Waals surface area contributed by atoms with Gasteiger partial charge in [-0.05, 0) is 31.2 Å². The first kappa shape index (κ1) is 14.6. The van der Waals surface area contributed by atoms with Gasteiger partial charge < -0.3 is 10.6 Å². The van der Waals surface area contributed by atoms with Gasteiger partial charge in [-0.25, -0.2) is 13.4 Å². The maximum absolute atomic E-state index is 12.2. The van der Waals surface area contributed by atoms with Gasteiger partial charge in [0.05, 0.1) is 5.69 Å². The lowest BCUT2D eigenvalue weighted by Gasteiger charge is -2.13. The number of anilines is 3. The van der Waals surface area contributed by atoms with Crippen molar-refractivity contribution in [2.75, 3.05) is 29.5 Å². The number of aromatic nitrogens is 1. The predicted molar refractivity (Wildman–Crippen MR) is 82.8 cm³/mol. The van der Waals surface area contributed by atoms with Gasteiger partial charge >= 0.3 is 0 Å². The van der Waals surface area contributed by atoms with E-state index in [4.69, 9.17) is 5.73 Å². The third-order valence-corrected chi connectivity index (χ3v) is 5.63. The third-order valence-electron chi connectivity index (χ3n) is 2.65. The Kier molecular flexibility index (Phi) is 3.87. The molecule has 6 nitrogen and oxygen atoms in total. The van der Waals surface area contributed by atoms with Crippen LogP contribution in [-0.4, -0.2) is 27.5 Å². The average Bonchev–Trinajstić information content (AvgIpc) is 2.69. The number of rotatable bonds is 4. The minimum atomic E-state index is -3.64. The Morgan fingerprint density at radius 1 is 1.25 bits per heavy atom. The number of nitrogens with two attached hydrogens (primary N) is 1. The number of hydrogen-bond acceptors (Lipinski definition) is 6. The van der Waals surface area contributed by atoms with E-state index in [0.29, 0.717) is 11.4 Å². The summed E-state index contributed by atoms with van der Waals surface area (Å²) in [6.07, 6.45) is 0. The third kappa shape index (κ3) is 3.02. The molecular formula is C12H16N4O2S2. The van der Waals surface area contributed by atoms with Crippen LogP contribution >= 0.6 is 11.3 Å². The van der Waals surface area contributed by atoms with Crippen LogP contribution < -0.4 is 15.4 Å². The molecule has 108 valence electrons. The van der Waals surface area contributed by atoms with Crippen molar-refractivity contribution in [3.05, 3.63) is 30.0 Å². The quantitative estimate of drug-likeness (QED) is 0.900. The van der Waals surface area contributed by atoms with Crippen LogP contribution in [0.1, 0.15) is 5.69 Å². The van der Waals surface area contributed by atoms with Crippen LogP contribution in [0.2, 0.25) is 0 Å². The van der Waals surface area contributed by atoms with Gasteiger partial charge in [-0.15, -0.1) is 0 Å². The van der Waals surface area contributed by atoms with Crippen LogP contribution in [0.25, 0.3) is 0 Å². The molecule has 0 fully saturated rings. The lowest BCUT2D eigenvalue weighted by atomic mass is 10.3. The van der Waals surface area contributed by atoms with Crippen LogP contribution in [0.5, 0.6) is 0 Å². The van der Waals surface area contributed by atoms with Gasteiger partial charge in [0.15, 0.2) is 9.34 Å². The molecule has 2 aromatic rings. The van der Waals surface area contributed by atoms with E-state index < -0.39 is 10.0 Å². The molecule has 0 saturated heterocycles. The van der Waals surface area contributed by atoms with Crippen molar-refractivity contribution in [3.63, 3.8) is 0 Å². The molecule has 2 rings (SSSR count). The highest BCUT2D eigenvalue weighted by molar-refractivity contribution is 7.94. The van der Waals surface area contributed by atoms with Crippen molar-refractivity contribution in [1.82, 2.24) is 4.98 Å². The highest BCUT2D eigenvalue weighted by Crippen LogP contribution is 2.27. The minimum Gasteiger partial charge on any atom is -0.378 e. The number of thiazole rings is 1. The number of aryl methyl sites for hydroxylation is 1. The molecule has 0 bridgehead atoms. The molecule has 8 heteroatoms. The van der Waals surface area contributed by atoms with Crippen molar-refractivity contribution < 1.29 is 8.42 Å².